The lowest BCUT2D eigenvalue weighted by Gasteiger charge is -2.22. The molecule has 0 aromatic rings. The van der Waals surface area contributed by atoms with Crippen LogP contribution in [-0.4, -0.2) is 34.7 Å². The first kappa shape index (κ1) is 14.5. The fourth-order valence-electron chi connectivity index (χ4n) is 1.35. The standard InChI is InChI=1S/C6H11BrN2O2S2.ClH/c1-6(12-5(8)9)3-13(10,11)2-4(6)7;/h4H,2-3H2,1H3,(H3,8,9);1H. The average molecular weight is 324 g/mol. The number of amidine groups is 1. The summed E-state index contributed by atoms with van der Waals surface area (Å²) in [6, 6.07) is 0. The minimum Gasteiger partial charge on any atom is -1.00 e. The molecule has 4 nitrogen and oxygen atoms in total. The van der Waals surface area contributed by atoms with Gasteiger partial charge in [0.2, 0.25) is 0 Å². The van der Waals surface area contributed by atoms with Crippen LogP contribution in [0.1, 0.15) is 6.92 Å². The Hall–Kier alpha value is 0.540. The summed E-state index contributed by atoms with van der Waals surface area (Å²) in [4.78, 5) is -0.0860. The molecule has 2 unspecified atom stereocenters. The molecule has 0 spiro atoms. The Balaban J connectivity index is 0.00000169. The van der Waals surface area contributed by atoms with Crippen molar-refractivity contribution in [2.75, 3.05) is 11.5 Å². The molecule has 1 rings (SSSR count). The van der Waals surface area contributed by atoms with Gasteiger partial charge in [-0.25, -0.2) is 8.42 Å². The summed E-state index contributed by atoms with van der Waals surface area (Å²) >= 11 is 4.56. The van der Waals surface area contributed by atoms with Crippen molar-refractivity contribution in [3.05, 3.63) is 0 Å². The molecule has 1 heterocycles. The van der Waals surface area contributed by atoms with E-state index in [1.54, 1.807) is 0 Å². The fraction of sp³-hybridized carbons (Fsp3) is 0.833. The van der Waals surface area contributed by atoms with E-state index < -0.39 is 14.6 Å². The highest BCUT2D eigenvalue weighted by Crippen LogP contribution is 2.39. The molecular formula is C6H12BrClN2O2S2. The molecule has 0 aromatic heterocycles. The molecule has 0 bridgehead atoms. The molecule has 1 saturated heterocycles. The maximum absolute atomic E-state index is 11.3. The van der Waals surface area contributed by atoms with Crippen LogP contribution in [0.4, 0.5) is 0 Å². The lowest BCUT2D eigenvalue weighted by molar-refractivity contribution is -0.110. The summed E-state index contributed by atoms with van der Waals surface area (Å²) < 4.78 is 22.2. The van der Waals surface area contributed by atoms with Gasteiger partial charge in [-0.15, -0.1) is 0 Å². The van der Waals surface area contributed by atoms with Crippen LogP contribution < -0.4 is 23.5 Å². The summed E-state index contributed by atoms with van der Waals surface area (Å²) in [6.07, 6.45) is 0. The summed E-state index contributed by atoms with van der Waals surface area (Å²) in [6.45, 7) is 1.85. The smallest absolute Gasteiger partial charge is 0.300 e. The van der Waals surface area contributed by atoms with Crippen LogP contribution in [0.25, 0.3) is 0 Å². The van der Waals surface area contributed by atoms with Gasteiger partial charge in [-0.3, -0.25) is 11.1 Å². The molecule has 0 aliphatic carbocycles. The van der Waals surface area contributed by atoms with Crippen LogP contribution in [0.3, 0.4) is 0 Å². The first-order valence-electron chi connectivity index (χ1n) is 3.66. The summed E-state index contributed by atoms with van der Waals surface area (Å²) in [7, 11) is -2.94. The second kappa shape index (κ2) is 4.59. The van der Waals surface area contributed by atoms with Gasteiger partial charge in [-0.05, 0) is 18.7 Å². The van der Waals surface area contributed by atoms with E-state index in [1.165, 1.54) is 11.8 Å². The van der Waals surface area contributed by atoms with Crippen molar-refractivity contribution >= 4 is 42.7 Å². The largest absolute Gasteiger partial charge is 1.00 e. The maximum atomic E-state index is 11.3. The minimum absolute atomic E-state index is 0. The van der Waals surface area contributed by atoms with Crippen LogP contribution in [-0.2, 0) is 9.84 Å². The zero-order chi connectivity index (χ0) is 10.3. The molecule has 0 amide bonds. The normalized spacial score (nSPS) is 34.9. The first-order chi connectivity index (χ1) is 5.75. The van der Waals surface area contributed by atoms with E-state index in [9.17, 15) is 8.42 Å². The number of thioether (sulfide) groups is 1. The first-order valence-corrected chi connectivity index (χ1v) is 7.22. The topological polar surface area (TPSA) is 85.8 Å². The Morgan fingerprint density at radius 1 is 1.71 bits per heavy atom. The third kappa shape index (κ3) is 3.29. The van der Waals surface area contributed by atoms with Gasteiger partial charge < -0.3 is 12.4 Å². The van der Waals surface area contributed by atoms with Crippen molar-refractivity contribution < 1.29 is 26.2 Å². The van der Waals surface area contributed by atoms with Gasteiger partial charge in [0.1, 0.15) is 0 Å². The van der Waals surface area contributed by atoms with Crippen LogP contribution in [0.15, 0.2) is 0 Å². The van der Waals surface area contributed by atoms with Gasteiger partial charge in [0.25, 0.3) is 5.17 Å². The molecule has 1 aliphatic rings. The number of sulfone groups is 1. The highest BCUT2D eigenvalue weighted by Gasteiger charge is 2.47. The van der Waals surface area contributed by atoms with E-state index >= 15 is 0 Å². The Morgan fingerprint density at radius 3 is 2.50 bits per heavy atom. The van der Waals surface area contributed by atoms with Crippen LogP contribution in [0.2, 0.25) is 0 Å². The summed E-state index contributed by atoms with van der Waals surface area (Å²) in [5.41, 5.74) is 5.35. The number of halogens is 2. The van der Waals surface area contributed by atoms with Gasteiger partial charge in [0.15, 0.2) is 9.84 Å². The molecule has 14 heavy (non-hydrogen) atoms. The van der Waals surface area contributed by atoms with Crippen molar-refractivity contribution in [2.24, 2.45) is 5.73 Å². The average Bonchev–Trinajstić information content (AvgIpc) is 1.98. The molecule has 0 saturated carbocycles. The van der Waals surface area contributed by atoms with Crippen LogP contribution >= 0.6 is 27.7 Å². The highest BCUT2D eigenvalue weighted by molar-refractivity contribution is 9.09. The lowest BCUT2D eigenvalue weighted by Crippen LogP contribution is -3.00. The van der Waals surface area contributed by atoms with Gasteiger partial charge in [-0.1, -0.05) is 15.9 Å². The Morgan fingerprint density at radius 2 is 2.21 bits per heavy atom. The Kier molecular flexibility index (Phi) is 4.77. The molecular weight excluding hydrogens is 312 g/mol. The molecule has 0 aromatic carbocycles. The second-order valence-electron chi connectivity index (χ2n) is 3.34. The molecule has 8 heteroatoms. The van der Waals surface area contributed by atoms with Crippen LogP contribution in [0, 0.1) is 0 Å². The highest BCUT2D eigenvalue weighted by atomic mass is 79.9. The minimum atomic E-state index is -2.94. The monoisotopic (exact) mass is 322 g/mol. The van der Waals surface area contributed by atoms with E-state index in [-0.39, 0.29) is 33.9 Å². The SMILES string of the molecule is CC1(SC(N)=[NH2+])CS(=O)(=O)CC1Br.[Cl-]. The Bertz CT molecular complexity index is 335. The van der Waals surface area contributed by atoms with Crippen molar-refractivity contribution in [1.82, 2.24) is 0 Å². The molecule has 4 N–H and O–H groups in total. The molecule has 2 atom stereocenters. The Labute approximate surface area is 102 Å². The number of alkyl halides is 1. The van der Waals surface area contributed by atoms with E-state index in [4.69, 9.17) is 11.1 Å². The molecule has 84 valence electrons. The molecule has 1 aliphatic heterocycles. The van der Waals surface area contributed by atoms with Crippen molar-refractivity contribution in [3.63, 3.8) is 0 Å². The van der Waals surface area contributed by atoms with Crippen molar-refractivity contribution in [1.29, 1.82) is 0 Å². The number of hydrogen-bond acceptors (Lipinski definition) is 3. The van der Waals surface area contributed by atoms with Gasteiger partial charge in [0.05, 0.1) is 16.3 Å². The van der Waals surface area contributed by atoms with Gasteiger partial charge in [0, 0.05) is 4.83 Å². The predicted octanol–water partition coefficient (Wildman–Crippen LogP) is -4.25. The quantitative estimate of drug-likeness (QED) is 0.291. The second-order valence-corrected chi connectivity index (χ2v) is 8.16. The van der Waals surface area contributed by atoms with Crippen molar-refractivity contribution in [2.45, 2.75) is 16.5 Å². The number of nitrogens with two attached hydrogens (primary N) is 2. The fourth-order valence-corrected chi connectivity index (χ4v) is 6.85. The summed E-state index contributed by atoms with van der Waals surface area (Å²) in [5, 5.41) is 5.56. The van der Waals surface area contributed by atoms with Gasteiger partial charge >= 0.3 is 0 Å². The van der Waals surface area contributed by atoms with Crippen molar-refractivity contribution in [3.8, 4) is 0 Å². The van der Waals surface area contributed by atoms with E-state index in [2.05, 4.69) is 15.9 Å². The van der Waals surface area contributed by atoms with Gasteiger partial charge in [-0.2, -0.15) is 0 Å². The number of hydrogen-bond donors (Lipinski definition) is 2. The molecule has 0 radical (unpaired) electrons. The number of rotatable bonds is 1. The van der Waals surface area contributed by atoms with E-state index in [1.807, 2.05) is 6.92 Å². The van der Waals surface area contributed by atoms with E-state index in [0.717, 1.165) is 0 Å². The van der Waals surface area contributed by atoms with E-state index in [0.29, 0.717) is 0 Å². The third-order valence-corrected chi connectivity index (χ3v) is 7.18. The summed E-state index contributed by atoms with van der Waals surface area (Å²) in [5.74, 6) is 0.280. The predicted molar refractivity (Wildman–Crippen MR) is 58.5 cm³/mol. The maximum Gasteiger partial charge on any atom is 0.300 e. The van der Waals surface area contributed by atoms with Crippen LogP contribution in [0.5, 0.6) is 0 Å². The third-order valence-electron chi connectivity index (χ3n) is 1.92. The lowest BCUT2D eigenvalue weighted by atomic mass is 10.1. The zero-order valence-electron chi connectivity index (χ0n) is 7.54. The zero-order valence-corrected chi connectivity index (χ0v) is 11.5. The molecule has 1 fully saturated rings.